The van der Waals surface area contributed by atoms with Crippen molar-refractivity contribution in [2.45, 2.75) is 0 Å². The average molecular weight is 376 g/mol. The molecule has 2 aromatic rings. The summed E-state index contributed by atoms with van der Waals surface area (Å²) in [6, 6.07) is 13.7. The number of piperazine rings is 1. The molecule has 1 heterocycles. The lowest BCUT2D eigenvalue weighted by atomic mass is 10.2. The third kappa shape index (κ3) is 4.71. The maximum absolute atomic E-state index is 12.2. The normalized spacial score (nSPS) is 14.9. The number of benzene rings is 2. The first kappa shape index (κ1) is 18.2. The Balaban J connectivity index is 1.49. The number of carbonyl (C=O) groups is 1. The SMILES string of the molecule is O=C(C[NH+]1CCN(c2ccc([N+](=O)[O-])cc2)CC1)Nc1cccc(Cl)c1. The zero-order chi connectivity index (χ0) is 18.5. The first-order valence-electron chi connectivity index (χ1n) is 8.39. The van der Waals surface area contributed by atoms with Crippen molar-refractivity contribution < 1.29 is 14.6 Å². The number of hydrogen-bond acceptors (Lipinski definition) is 4. The Bertz CT molecular complexity index is 789. The summed E-state index contributed by atoms with van der Waals surface area (Å²) < 4.78 is 0. The molecule has 136 valence electrons. The molecule has 1 saturated heterocycles. The number of amides is 1. The molecular formula is C18H20ClN4O3+. The minimum Gasteiger partial charge on any atom is -0.360 e. The molecule has 1 amide bonds. The molecule has 0 aliphatic carbocycles. The molecule has 0 unspecified atom stereocenters. The predicted octanol–water partition coefficient (Wildman–Crippen LogP) is 1.59. The number of halogens is 1. The Hall–Kier alpha value is -2.64. The van der Waals surface area contributed by atoms with Crippen LogP contribution in [0.1, 0.15) is 0 Å². The molecule has 0 atom stereocenters. The average Bonchev–Trinajstić information content (AvgIpc) is 2.62. The van der Waals surface area contributed by atoms with Gasteiger partial charge in [0.25, 0.3) is 11.6 Å². The van der Waals surface area contributed by atoms with Crippen LogP contribution < -0.4 is 15.1 Å². The Kier molecular flexibility index (Phi) is 5.70. The lowest BCUT2D eigenvalue weighted by Crippen LogP contribution is -3.15. The second-order valence-corrected chi connectivity index (χ2v) is 6.68. The molecule has 7 nitrogen and oxygen atoms in total. The van der Waals surface area contributed by atoms with Gasteiger partial charge in [-0.25, -0.2) is 0 Å². The molecule has 2 N–H and O–H groups in total. The van der Waals surface area contributed by atoms with Gasteiger partial charge in [0.15, 0.2) is 6.54 Å². The Morgan fingerprint density at radius 1 is 1.19 bits per heavy atom. The third-order valence-electron chi connectivity index (χ3n) is 4.42. The molecule has 8 heteroatoms. The number of carbonyl (C=O) groups excluding carboxylic acids is 1. The van der Waals surface area contributed by atoms with Gasteiger partial charge in [-0.15, -0.1) is 0 Å². The van der Waals surface area contributed by atoms with E-state index in [4.69, 9.17) is 11.6 Å². The summed E-state index contributed by atoms with van der Waals surface area (Å²) >= 11 is 5.92. The van der Waals surface area contributed by atoms with Gasteiger partial charge in [-0.3, -0.25) is 14.9 Å². The van der Waals surface area contributed by atoms with Crippen LogP contribution in [-0.4, -0.2) is 43.6 Å². The van der Waals surface area contributed by atoms with Crippen LogP contribution in [-0.2, 0) is 4.79 Å². The lowest BCUT2D eigenvalue weighted by molar-refractivity contribution is -0.892. The number of nitro groups is 1. The predicted molar refractivity (Wildman–Crippen MR) is 101 cm³/mol. The van der Waals surface area contributed by atoms with Crippen LogP contribution in [0.2, 0.25) is 5.02 Å². The summed E-state index contributed by atoms with van der Waals surface area (Å²) in [4.78, 5) is 25.9. The largest absolute Gasteiger partial charge is 0.360 e. The molecule has 0 saturated carbocycles. The third-order valence-corrected chi connectivity index (χ3v) is 4.65. The quantitative estimate of drug-likeness (QED) is 0.614. The van der Waals surface area contributed by atoms with Crippen LogP contribution >= 0.6 is 11.6 Å². The molecule has 0 aromatic heterocycles. The summed E-state index contributed by atoms with van der Waals surface area (Å²) in [5, 5.41) is 14.2. The van der Waals surface area contributed by atoms with E-state index in [1.807, 2.05) is 6.07 Å². The molecule has 3 rings (SSSR count). The summed E-state index contributed by atoms with van der Waals surface area (Å²) in [6.45, 7) is 3.68. The number of nitrogens with zero attached hydrogens (tertiary/aromatic N) is 2. The molecule has 0 bridgehead atoms. The second-order valence-electron chi connectivity index (χ2n) is 6.25. The van der Waals surface area contributed by atoms with Crippen LogP contribution in [0.15, 0.2) is 48.5 Å². The molecule has 1 aliphatic heterocycles. The van der Waals surface area contributed by atoms with E-state index in [2.05, 4.69) is 10.2 Å². The Morgan fingerprint density at radius 3 is 2.50 bits per heavy atom. The van der Waals surface area contributed by atoms with E-state index >= 15 is 0 Å². The fourth-order valence-corrected chi connectivity index (χ4v) is 3.23. The number of hydrogen-bond donors (Lipinski definition) is 2. The van der Waals surface area contributed by atoms with Crippen molar-refractivity contribution in [3.63, 3.8) is 0 Å². The molecule has 1 fully saturated rings. The first-order valence-corrected chi connectivity index (χ1v) is 8.77. The number of nitro benzene ring substituents is 1. The van der Waals surface area contributed by atoms with Gasteiger partial charge in [0, 0.05) is 28.5 Å². The topological polar surface area (TPSA) is 79.9 Å². The van der Waals surface area contributed by atoms with Gasteiger partial charge in [-0.05, 0) is 30.3 Å². The monoisotopic (exact) mass is 375 g/mol. The van der Waals surface area contributed by atoms with Gasteiger partial charge in [0.1, 0.15) is 0 Å². The van der Waals surface area contributed by atoms with Crippen LogP contribution in [0.25, 0.3) is 0 Å². The fraction of sp³-hybridized carbons (Fsp3) is 0.278. The number of rotatable bonds is 5. The van der Waals surface area contributed by atoms with E-state index < -0.39 is 4.92 Å². The molecule has 0 radical (unpaired) electrons. The summed E-state index contributed by atoms with van der Waals surface area (Å²) in [7, 11) is 0. The van der Waals surface area contributed by atoms with Gasteiger partial charge in [-0.2, -0.15) is 0 Å². The van der Waals surface area contributed by atoms with Crippen LogP contribution in [0, 0.1) is 10.1 Å². The number of non-ortho nitro benzene ring substituents is 1. The highest BCUT2D eigenvalue weighted by molar-refractivity contribution is 6.30. The highest BCUT2D eigenvalue weighted by atomic mass is 35.5. The molecular weight excluding hydrogens is 356 g/mol. The van der Waals surface area contributed by atoms with E-state index in [1.165, 1.54) is 17.0 Å². The first-order chi connectivity index (χ1) is 12.5. The fourth-order valence-electron chi connectivity index (χ4n) is 3.04. The lowest BCUT2D eigenvalue weighted by Gasteiger charge is -2.33. The van der Waals surface area contributed by atoms with E-state index in [0.29, 0.717) is 17.3 Å². The van der Waals surface area contributed by atoms with Crippen molar-refractivity contribution in [2.75, 3.05) is 42.9 Å². The van der Waals surface area contributed by atoms with Crippen molar-refractivity contribution in [3.8, 4) is 0 Å². The molecule has 1 aliphatic rings. The van der Waals surface area contributed by atoms with Crippen LogP contribution in [0.4, 0.5) is 17.1 Å². The van der Waals surface area contributed by atoms with Crippen molar-refractivity contribution >= 4 is 34.6 Å². The van der Waals surface area contributed by atoms with Crippen molar-refractivity contribution in [3.05, 3.63) is 63.7 Å². The van der Waals surface area contributed by atoms with Gasteiger partial charge in [0.2, 0.25) is 0 Å². The number of anilines is 2. The van der Waals surface area contributed by atoms with Crippen LogP contribution in [0.3, 0.4) is 0 Å². The van der Waals surface area contributed by atoms with E-state index in [9.17, 15) is 14.9 Å². The number of quaternary nitrogens is 1. The minimum absolute atomic E-state index is 0.0361. The van der Waals surface area contributed by atoms with Gasteiger partial charge in [0.05, 0.1) is 31.1 Å². The minimum atomic E-state index is -0.398. The Morgan fingerprint density at radius 2 is 1.88 bits per heavy atom. The van der Waals surface area contributed by atoms with Crippen LogP contribution in [0.5, 0.6) is 0 Å². The zero-order valence-electron chi connectivity index (χ0n) is 14.2. The van der Waals surface area contributed by atoms with E-state index in [1.54, 1.807) is 30.3 Å². The molecule has 2 aromatic carbocycles. The number of nitrogens with one attached hydrogen (secondary N) is 2. The van der Waals surface area contributed by atoms with Crippen molar-refractivity contribution in [2.24, 2.45) is 0 Å². The van der Waals surface area contributed by atoms with Crippen molar-refractivity contribution in [1.29, 1.82) is 0 Å². The van der Waals surface area contributed by atoms with E-state index in [-0.39, 0.29) is 11.6 Å². The van der Waals surface area contributed by atoms with E-state index in [0.717, 1.165) is 31.9 Å². The van der Waals surface area contributed by atoms with Crippen molar-refractivity contribution in [1.82, 2.24) is 0 Å². The van der Waals surface area contributed by atoms with Gasteiger partial charge >= 0.3 is 0 Å². The highest BCUT2D eigenvalue weighted by Crippen LogP contribution is 2.19. The highest BCUT2D eigenvalue weighted by Gasteiger charge is 2.22. The smallest absolute Gasteiger partial charge is 0.279 e. The maximum Gasteiger partial charge on any atom is 0.279 e. The molecule has 0 spiro atoms. The summed E-state index contributed by atoms with van der Waals surface area (Å²) in [5.41, 5.74) is 1.76. The standard InChI is InChI=1S/C18H19ClN4O3/c19-14-2-1-3-15(12-14)20-18(24)13-21-8-10-22(11-9-21)16-4-6-17(7-5-16)23(25)26/h1-7,12H,8-11,13H2,(H,20,24)/p+1. The maximum atomic E-state index is 12.2. The Labute approximate surface area is 156 Å². The summed E-state index contributed by atoms with van der Waals surface area (Å²) in [5.74, 6) is -0.0361. The second kappa shape index (κ2) is 8.16. The molecule has 26 heavy (non-hydrogen) atoms. The van der Waals surface area contributed by atoms with Gasteiger partial charge < -0.3 is 15.1 Å². The van der Waals surface area contributed by atoms with Gasteiger partial charge in [-0.1, -0.05) is 17.7 Å². The summed E-state index contributed by atoms with van der Waals surface area (Å²) in [6.07, 6.45) is 0. The zero-order valence-corrected chi connectivity index (χ0v) is 14.9.